The van der Waals surface area contributed by atoms with Crippen LogP contribution in [0.1, 0.15) is 51.3 Å². The maximum Gasteiger partial charge on any atom is 0.454 e. The lowest BCUT2D eigenvalue weighted by molar-refractivity contribution is -0.0885. The van der Waals surface area contributed by atoms with Crippen LogP contribution in [-0.2, 0) is 4.74 Å². The molecule has 0 aromatic heterocycles. The van der Waals surface area contributed by atoms with Gasteiger partial charge in [-0.1, -0.05) is 6.92 Å². The molecule has 1 amide bonds. The summed E-state index contributed by atoms with van der Waals surface area (Å²) < 4.78 is 42.7. The molecule has 0 spiro atoms. The Morgan fingerprint density at radius 3 is 2.08 bits per heavy atom. The molecule has 132 valence electrons. The number of alkyl halides is 3. The summed E-state index contributed by atoms with van der Waals surface area (Å²) in [5.41, 5.74) is -1.23. The summed E-state index contributed by atoms with van der Waals surface area (Å²) in [6.07, 6.45) is -4.46. The molecular weight excluding hydrogens is 327 g/mol. The van der Waals surface area contributed by atoms with Gasteiger partial charge in [-0.25, -0.2) is 4.79 Å². The quantitative estimate of drug-likeness (QED) is 0.587. The van der Waals surface area contributed by atoms with Crippen molar-refractivity contribution in [2.24, 2.45) is 0 Å². The molecule has 0 saturated carbocycles. The SMILES string of the molecule is CCCN(C)C(=O)c1cc(C(=O)OCC)cc(C(=O)C(F)(F)F)c1. The fraction of sp³-hybridized carbons (Fsp3) is 0.438. The van der Waals surface area contributed by atoms with Crippen molar-refractivity contribution in [3.8, 4) is 0 Å². The number of carbonyl (C=O) groups excluding carboxylic acids is 3. The smallest absolute Gasteiger partial charge is 0.454 e. The van der Waals surface area contributed by atoms with Crippen LogP contribution in [0.5, 0.6) is 0 Å². The summed E-state index contributed by atoms with van der Waals surface area (Å²) in [6, 6.07) is 2.75. The lowest BCUT2D eigenvalue weighted by Gasteiger charge is -2.17. The molecule has 0 aliphatic heterocycles. The molecule has 0 fully saturated rings. The minimum Gasteiger partial charge on any atom is -0.462 e. The Balaban J connectivity index is 3.38. The highest BCUT2D eigenvalue weighted by molar-refractivity contribution is 6.05. The second-order valence-electron chi connectivity index (χ2n) is 5.07. The number of Topliss-reactive ketones (excluding diaryl/α,β-unsaturated/α-hetero) is 1. The van der Waals surface area contributed by atoms with Crippen molar-refractivity contribution in [1.29, 1.82) is 0 Å². The fourth-order valence-corrected chi connectivity index (χ4v) is 2.04. The third kappa shape index (κ3) is 4.81. The van der Waals surface area contributed by atoms with Crippen molar-refractivity contribution in [3.05, 3.63) is 34.9 Å². The number of halogens is 3. The van der Waals surface area contributed by atoms with Crippen LogP contribution in [0.15, 0.2) is 18.2 Å². The van der Waals surface area contributed by atoms with E-state index in [0.29, 0.717) is 13.0 Å². The number of ketones is 1. The normalized spacial score (nSPS) is 11.1. The number of esters is 1. The first-order chi connectivity index (χ1) is 11.1. The van der Waals surface area contributed by atoms with E-state index in [9.17, 15) is 27.6 Å². The molecule has 0 aliphatic carbocycles. The predicted molar refractivity (Wildman–Crippen MR) is 80.0 cm³/mol. The van der Waals surface area contributed by atoms with E-state index in [1.165, 1.54) is 18.9 Å². The summed E-state index contributed by atoms with van der Waals surface area (Å²) in [7, 11) is 1.48. The van der Waals surface area contributed by atoms with Crippen LogP contribution in [0.25, 0.3) is 0 Å². The molecule has 0 radical (unpaired) electrons. The van der Waals surface area contributed by atoms with Crippen molar-refractivity contribution < 1.29 is 32.3 Å². The van der Waals surface area contributed by atoms with E-state index >= 15 is 0 Å². The predicted octanol–water partition coefficient (Wildman–Crippen LogP) is 3.09. The lowest BCUT2D eigenvalue weighted by Crippen LogP contribution is -2.29. The number of ether oxygens (including phenoxy) is 1. The fourth-order valence-electron chi connectivity index (χ4n) is 2.04. The van der Waals surface area contributed by atoms with Gasteiger partial charge in [-0.05, 0) is 31.5 Å². The van der Waals surface area contributed by atoms with Crippen LogP contribution in [0, 0.1) is 0 Å². The topological polar surface area (TPSA) is 63.7 Å². The van der Waals surface area contributed by atoms with Gasteiger partial charge in [0.15, 0.2) is 0 Å². The lowest BCUT2D eigenvalue weighted by atomic mass is 10.0. The molecule has 0 N–H and O–H groups in total. The van der Waals surface area contributed by atoms with Gasteiger partial charge in [-0.3, -0.25) is 9.59 Å². The van der Waals surface area contributed by atoms with Crippen LogP contribution >= 0.6 is 0 Å². The largest absolute Gasteiger partial charge is 0.462 e. The van der Waals surface area contributed by atoms with Crippen LogP contribution in [0.3, 0.4) is 0 Å². The van der Waals surface area contributed by atoms with Gasteiger partial charge in [0.25, 0.3) is 11.7 Å². The number of nitrogens with zero attached hydrogens (tertiary/aromatic N) is 1. The van der Waals surface area contributed by atoms with E-state index < -0.39 is 29.4 Å². The maximum atomic E-state index is 12.7. The minimum atomic E-state index is -5.11. The molecule has 1 aromatic rings. The second kappa shape index (κ2) is 7.94. The highest BCUT2D eigenvalue weighted by atomic mass is 19.4. The first kappa shape index (κ1) is 19.7. The van der Waals surface area contributed by atoms with Crippen molar-refractivity contribution in [2.45, 2.75) is 26.4 Å². The Bertz CT molecular complexity index is 641. The zero-order valence-corrected chi connectivity index (χ0v) is 13.6. The van der Waals surface area contributed by atoms with E-state index in [1.54, 1.807) is 0 Å². The van der Waals surface area contributed by atoms with Crippen molar-refractivity contribution >= 4 is 17.7 Å². The Morgan fingerprint density at radius 2 is 1.58 bits per heavy atom. The summed E-state index contributed by atoms with van der Waals surface area (Å²) in [4.78, 5) is 36.8. The molecule has 1 rings (SSSR count). The van der Waals surface area contributed by atoms with Crippen LogP contribution < -0.4 is 0 Å². The zero-order chi connectivity index (χ0) is 18.5. The number of rotatable bonds is 6. The van der Waals surface area contributed by atoms with E-state index in [0.717, 1.165) is 18.2 Å². The Kier molecular flexibility index (Phi) is 6.51. The van der Waals surface area contributed by atoms with E-state index in [-0.39, 0.29) is 17.7 Å². The van der Waals surface area contributed by atoms with Gasteiger partial charge in [0.1, 0.15) is 0 Å². The summed E-state index contributed by atoms with van der Waals surface area (Å²) in [5.74, 6) is -3.61. The maximum absolute atomic E-state index is 12.7. The van der Waals surface area contributed by atoms with E-state index in [4.69, 9.17) is 4.74 Å². The molecule has 0 aliphatic rings. The second-order valence-corrected chi connectivity index (χ2v) is 5.07. The molecule has 0 atom stereocenters. The first-order valence-electron chi connectivity index (χ1n) is 7.31. The molecule has 1 aromatic carbocycles. The number of carbonyl (C=O) groups is 3. The third-order valence-corrected chi connectivity index (χ3v) is 3.12. The van der Waals surface area contributed by atoms with Gasteiger partial charge in [0.2, 0.25) is 0 Å². The van der Waals surface area contributed by atoms with Gasteiger partial charge in [-0.15, -0.1) is 0 Å². The van der Waals surface area contributed by atoms with Crippen molar-refractivity contribution in [2.75, 3.05) is 20.2 Å². The highest BCUT2D eigenvalue weighted by Crippen LogP contribution is 2.24. The van der Waals surface area contributed by atoms with E-state index in [2.05, 4.69) is 0 Å². The van der Waals surface area contributed by atoms with Crippen LogP contribution in [0.2, 0.25) is 0 Å². The minimum absolute atomic E-state index is 0.00922. The average molecular weight is 345 g/mol. The monoisotopic (exact) mass is 345 g/mol. The summed E-state index contributed by atoms with van der Waals surface area (Å²) in [6.45, 7) is 3.75. The summed E-state index contributed by atoms with van der Waals surface area (Å²) >= 11 is 0. The molecule has 0 bridgehead atoms. The molecule has 0 heterocycles. The van der Waals surface area contributed by atoms with Gasteiger partial charge in [-0.2, -0.15) is 13.2 Å². The molecule has 0 saturated heterocycles. The Hall–Kier alpha value is -2.38. The highest BCUT2D eigenvalue weighted by Gasteiger charge is 2.40. The van der Waals surface area contributed by atoms with Crippen LogP contribution in [-0.4, -0.2) is 48.9 Å². The van der Waals surface area contributed by atoms with Gasteiger partial charge < -0.3 is 9.64 Å². The summed E-state index contributed by atoms with van der Waals surface area (Å²) in [5, 5.41) is 0. The standard InChI is InChI=1S/C16H18F3NO4/c1-4-6-20(3)14(22)11-7-10(13(21)16(17,18)19)8-12(9-11)15(23)24-5-2/h7-9H,4-6H2,1-3H3. The van der Waals surface area contributed by atoms with Gasteiger partial charge >= 0.3 is 12.1 Å². The number of hydrogen-bond acceptors (Lipinski definition) is 4. The first-order valence-corrected chi connectivity index (χ1v) is 7.31. The average Bonchev–Trinajstić information content (AvgIpc) is 2.52. The number of benzene rings is 1. The molecule has 24 heavy (non-hydrogen) atoms. The van der Waals surface area contributed by atoms with Gasteiger partial charge in [0, 0.05) is 24.7 Å². The van der Waals surface area contributed by atoms with Crippen LogP contribution in [0.4, 0.5) is 13.2 Å². The van der Waals surface area contributed by atoms with E-state index in [1.807, 2.05) is 6.92 Å². The molecule has 8 heteroatoms. The number of hydrogen-bond donors (Lipinski definition) is 0. The Morgan fingerprint density at radius 1 is 1.04 bits per heavy atom. The van der Waals surface area contributed by atoms with Gasteiger partial charge in [0.05, 0.1) is 12.2 Å². The number of amides is 1. The third-order valence-electron chi connectivity index (χ3n) is 3.12. The molecular formula is C16H18F3NO4. The molecule has 5 nitrogen and oxygen atoms in total. The Labute approximate surface area is 137 Å². The van der Waals surface area contributed by atoms with Crippen molar-refractivity contribution in [3.63, 3.8) is 0 Å². The van der Waals surface area contributed by atoms with Crippen molar-refractivity contribution in [1.82, 2.24) is 4.90 Å². The zero-order valence-electron chi connectivity index (χ0n) is 13.6. The molecule has 0 unspecified atom stereocenters.